The number of methoxy groups -OCH3 is 2. The van der Waals surface area contributed by atoms with Crippen LogP contribution in [0.1, 0.15) is 29.2 Å². The molecule has 0 aliphatic carbocycles. The van der Waals surface area contributed by atoms with E-state index in [-0.39, 0.29) is 4.90 Å². The van der Waals surface area contributed by atoms with Gasteiger partial charge in [0.1, 0.15) is 11.5 Å². The van der Waals surface area contributed by atoms with Crippen molar-refractivity contribution in [2.45, 2.75) is 24.3 Å². The maximum Gasteiger partial charge on any atom is 0.279 e. The molecular formula is C26H29N3O4S. The minimum Gasteiger partial charge on any atom is -0.497 e. The van der Waals surface area contributed by atoms with Crippen molar-refractivity contribution >= 4 is 21.4 Å². The maximum absolute atomic E-state index is 13.7. The number of benzene rings is 3. The second-order valence-electron chi connectivity index (χ2n) is 8.41. The summed E-state index contributed by atoms with van der Waals surface area (Å²) in [5.74, 6) is 1.23. The molecule has 178 valence electrons. The zero-order valence-electron chi connectivity index (χ0n) is 20.0. The zero-order chi connectivity index (χ0) is 24.5. The number of aryl methyl sites for hydroxylation is 1. The molecule has 0 radical (unpaired) electrons. The summed E-state index contributed by atoms with van der Waals surface area (Å²) in [5, 5.41) is 4.64. The number of anilines is 1. The second kappa shape index (κ2) is 9.38. The summed E-state index contributed by atoms with van der Waals surface area (Å²) < 4.78 is 39.5. The maximum atomic E-state index is 13.7. The van der Waals surface area contributed by atoms with Crippen molar-refractivity contribution in [3.05, 3.63) is 83.4 Å². The van der Waals surface area contributed by atoms with Crippen molar-refractivity contribution < 1.29 is 17.9 Å². The normalized spacial score (nSPS) is 15.7. The fourth-order valence-electron chi connectivity index (χ4n) is 3.97. The highest BCUT2D eigenvalue weighted by Gasteiger charge is 2.38. The van der Waals surface area contributed by atoms with Crippen LogP contribution in [0, 0.1) is 6.92 Å². The van der Waals surface area contributed by atoms with E-state index in [0.29, 0.717) is 23.6 Å². The van der Waals surface area contributed by atoms with Gasteiger partial charge in [-0.15, -0.1) is 0 Å². The van der Waals surface area contributed by atoms with E-state index in [0.717, 1.165) is 22.4 Å². The molecule has 4 rings (SSSR count). The first-order valence-corrected chi connectivity index (χ1v) is 12.4. The predicted molar refractivity (Wildman–Crippen MR) is 134 cm³/mol. The average Bonchev–Trinajstić information content (AvgIpc) is 3.30. The van der Waals surface area contributed by atoms with Crippen molar-refractivity contribution in [3.8, 4) is 11.5 Å². The Balaban J connectivity index is 1.81. The Bertz CT molecular complexity index is 1300. The highest BCUT2D eigenvalue weighted by Crippen LogP contribution is 2.39. The molecule has 0 saturated heterocycles. The molecule has 8 heteroatoms. The molecule has 3 aromatic carbocycles. The van der Waals surface area contributed by atoms with Crippen molar-refractivity contribution in [2.24, 2.45) is 5.10 Å². The van der Waals surface area contributed by atoms with E-state index in [9.17, 15) is 8.42 Å². The van der Waals surface area contributed by atoms with Gasteiger partial charge < -0.3 is 14.4 Å². The third-order valence-corrected chi connectivity index (χ3v) is 7.65. The Morgan fingerprint density at radius 1 is 0.941 bits per heavy atom. The lowest BCUT2D eigenvalue weighted by Gasteiger charge is -2.24. The van der Waals surface area contributed by atoms with E-state index < -0.39 is 16.1 Å². The van der Waals surface area contributed by atoms with Gasteiger partial charge in [-0.2, -0.15) is 17.9 Å². The third kappa shape index (κ3) is 4.46. The number of hydrogen-bond donors (Lipinski definition) is 0. The van der Waals surface area contributed by atoms with Crippen LogP contribution in [-0.4, -0.2) is 46.9 Å². The Hall–Kier alpha value is -3.52. The molecule has 7 nitrogen and oxygen atoms in total. The number of nitrogens with zero attached hydrogens (tertiary/aromatic N) is 3. The van der Waals surface area contributed by atoms with Crippen LogP contribution in [0.5, 0.6) is 11.5 Å². The summed E-state index contributed by atoms with van der Waals surface area (Å²) in [6.45, 7) is 1.92. The van der Waals surface area contributed by atoms with Crippen molar-refractivity contribution in [1.82, 2.24) is 4.41 Å². The first kappa shape index (κ1) is 23.6. The van der Waals surface area contributed by atoms with E-state index >= 15 is 0 Å². The van der Waals surface area contributed by atoms with Gasteiger partial charge in [-0.3, -0.25) is 0 Å². The van der Waals surface area contributed by atoms with Gasteiger partial charge in [0.25, 0.3) is 10.0 Å². The Morgan fingerprint density at radius 2 is 1.62 bits per heavy atom. The molecular weight excluding hydrogens is 450 g/mol. The quantitative estimate of drug-likeness (QED) is 0.495. The van der Waals surface area contributed by atoms with Crippen molar-refractivity contribution in [3.63, 3.8) is 0 Å². The summed E-state index contributed by atoms with van der Waals surface area (Å²) in [6.07, 6.45) is 0.412. The minimum atomic E-state index is -3.88. The smallest absolute Gasteiger partial charge is 0.279 e. The van der Waals surface area contributed by atoms with Gasteiger partial charge in [-0.05, 0) is 48.9 Å². The van der Waals surface area contributed by atoms with E-state index in [1.807, 2.05) is 62.3 Å². The monoisotopic (exact) mass is 479 g/mol. The van der Waals surface area contributed by atoms with Crippen molar-refractivity contribution in [2.75, 3.05) is 33.2 Å². The number of hydrogen-bond acceptors (Lipinski definition) is 6. The number of ether oxygens (including phenoxy) is 2. The molecule has 0 N–H and O–H groups in total. The van der Waals surface area contributed by atoms with Crippen molar-refractivity contribution in [1.29, 1.82) is 0 Å². The molecule has 1 aliphatic rings. The van der Waals surface area contributed by atoms with Crippen LogP contribution in [0.25, 0.3) is 0 Å². The molecule has 1 aliphatic heterocycles. The van der Waals surface area contributed by atoms with Crippen LogP contribution in [0.15, 0.2) is 76.7 Å². The summed E-state index contributed by atoms with van der Waals surface area (Å²) in [4.78, 5) is 2.21. The zero-order valence-corrected chi connectivity index (χ0v) is 20.8. The van der Waals surface area contributed by atoms with E-state index in [4.69, 9.17) is 9.47 Å². The highest BCUT2D eigenvalue weighted by atomic mass is 32.2. The van der Waals surface area contributed by atoms with Crippen LogP contribution in [0.4, 0.5) is 5.69 Å². The lowest BCUT2D eigenvalue weighted by atomic mass is 9.98. The predicted octanol–water partition coefficient (Wildman–Crippen LogP) is 4.62. The fraction of sp³-hybridized carbons (Fsp3) is 0.269. The highest BCUT2D eigenvalue weighted by molar-refractivity contribution is 7.89. The topological polar surface area (TPSA) is 71.4 Å². The molecule has 0 spiro atoms. The number of rotatable bonds is 7. The molecule has 1 unspecified atom stereocenters. The van der Waals surface area contributed by atoms with Gasteiger partial charge in [0.05, 0.1) is 30.9 Å². The first-order chi connectivity index (χ1) is 16.2. The van der Waals surface area contributed by atoms with Crippen LogP contribution in [0.3, 0.4) is 0 Å². The second-order valence-corrected chi connectivity index (χ2v) is 10.2. The summed E-state index contributed by atoms with van der Waals surface area (Å²) in [5.41, 5.74) is 4.26. The fourth-order valence-corrected chi connectivity index (χ4v) is 5.40. The van der Waals surface area contributed by atoms with Crippen LogP contribution in [-0.2, 0) is 10.0 Å². The van der Waals surface area contributed by atoms with Crippen LogP contribution in [0.2, 0.25) is 0 Å². The van der Waals surface area contributed by atoms with Crippen LogP contribution >= 0.6 is 0 Å². The number of sulfonamides is 1. The SMILES string of the molecule is COc1ccc(C2=NN(S(=O)(=O)c3ccc(C)cc3)C(c3ccc(N(C)C)cc3)C2)c(OC)c1. The minimum absolute atomic E-state index is 0.208. The molecule has 0 saturated carbocycles. The molecule has 0 fully saturated rings. The molecule has 1 atom stereocenters. The number of hydrazone groups is 1. The lowest BCUT2D eigenvalue weighted by Crippen LogP contribution is -2.27. The van der Waals surface area contributed by atoms with Gasteiger partial charge in [0.2, 0.25) is 0 Å². The standard InChI is InChI=1S/C26H29N3O4S/c1-18-6-13-22(14-7-18)34(30,31)29-25(19-8-10-20(11-9-19)28(2)3)17-24(27-29)23-15-12-21(32-4)16-26(23)33-5/h6-16,25H,17H2,1-5H3. The largest absolute Gasteiger partial charge is 0.497 e. The van der Waals surface area contributed by atoms with E-state index in [1.165, 1.54) is 4.41 Å². The molecule has 3 aromatic rings. The summed E-state index contributed by atoms with van der Waals surface area (Å²) in [7, 11) is 3.22. The Labute approximate surface area is 201 Å². The van der Waals surface area contributed by atoms with E-state index in [2.05, 4.69) is 5.10 Å². The summed E-state index contributed by atoms with van der Waals surface area (Å²) >= 11 is 0. The average molecular weight is 480 g/mol. The molecule has 0 aromatic heterocycles. The van der Waals surface area contributed by atoms with Gasteiger partial charge in [-0.1, -0.05) is 29.8 Å². The van der Waals surface area contributed by atoms with Gasteiger partial charge in [0.15, 0.2) is 0 Å². The molecule has 34 heavy (non-hydrogen) atoms. The Morgan fingerprint density at radius 3 is 2.21 bits per heavy atom. The van der Waals surface area contributed by atoms with Gasteiger partial charge in [0, 0.05) is 37.8 Å². The first-order valence-electron chi connectivity index (χ1n) is 10.9. The molecule has 0 bridgehead atoms. The molecule has 1 heterocycles. The Kier molecular flexibility index (Phi) is 6.52. The third-order valence-electron chi connectivity index (χ3n) is 5.95. The summed E-state index contributed by atoms with van der Waals surface area (Å²) in [6, 6.07) is 19.7. The van der Waals surface area contributed by atoms with Crippen LogP contribution < -0.4 is 14.4 Å². The lowest BCUT2D eigenvalue weighted by molar-refractivity contribution is 0.371. The van der Waals surface area contributed by atoms with Gasteiger partial charge in [-0.25, -0.2) is 0 Å². The van der Waals surface area contributed by atoms with E-state index in [1.54, 1.807) is 44.6 Å². The molecule has 0 amide bonds. The van der Waals surface area contributed by atoms with Gasteiger partial charge >= 0.3 is 0 Å².